The molecule has 3 rings (SSSR count). The highest BCUT2D eigenvalue weighted by Gasteiger charge is 2.53. The molecule has 232 valence electrons. The van der Waals surface area contributed by atoms with Gasteiger partial charge in [-0.1, -0.05) is 0 Å². The molecule has 3 aliphatic heterocycles. The summed E-state index contributed by atoms with van der Waals surface area (Å²) in [6.07, 6.45) is -21.1. The van der Waals surface area contributed by atoms with E-state index in [2.05, 4.69) is 10.6 Å². The highest BCUT2D eigenvalue weighted by Crippen LogP contribution is 2.32. The Hall–Kier alpha value is -1.62. The van der Waals surface area contributed by atoms with Gasteiger partial charge >= 0.3 is 0 Å². The standard InChI is InChI=1S/C22H38N2O16/c1-6(28)23-11-15(32)18(9(4-26)36-20(11)35)40-22-17(34)16(33)19(10(5-27)38-22)39-21-12(24-7(2)29)14(31)13(30)8(3-25)37-21/h8-22,25-27,30-35H,3-5H2,1-2H3,(H,23,28)(H,24,29)/t8-,9-,10-,11-,12-,13+,14-,15-,16-,17-,18-,19+,20-,21-,22+/m1/s1. The molecular formula is C22H38N2O16. The van der Waals surface area contributed by atoms with Crippen LogP contribution in [0.3, 0.4) is 0 Å². The fourth-order valence-electron chi connectivity index (χ4n) is 4.87. The lowest BCUT2D eigenvalue weighted by Crippen LogP contribution is -2.69. The van der Waals surface area contributed by atoms with Crippen LogP contribution in [-0.2, 0) is 33.3 Å². The van der Waals surface area contributed by atoms with E-state index in [0.717, 1.165) is 13.8 Å². The van der Waals surface area contributed by atoms with Crippen molar-refractivity contribution in [1.29, 1.82) is 0 Å². The average Bonchev–Trinajstić information content (AvgIpc) is 2.90. The van der Waals surface area contributed by atoms with Crippen LogP contribution < -0.4 is 10.6 Å². The molecule has 2 amide bonds. The van der Waals surface area contributed by atoms with Gasteiger partial charge in [-0.2, -0.15) is 0 Å². The zero-order chi connectivity index (χ0) is 29.9. The lowest BCUT2D eigenvalue weighted by atomic mass is 9.94. The number of nitrogens with one attached hydrogen (secondary N) is 2. The monoisotopic (exact) mass is 586 g/mol. The minimum Gasteiger partial charge on any atom is -0.394 e. The van der Waals surface area contributed by atoms with Crippen LogP contribution in [0.4, 0.5) is 0 Å². The zero-order valence-electron chi connectivity index (χ0n) is 21.7. The van der Waals surface area contributed by atoms with Crippen LogP contribution in [0.25, 0.3) is 0 Å². The number of rotatable bonds is 9. The van der Waals surface area contributed by atoms with Gasteiger partial charge in [-0.3, -0.25) is 9.59 Å². The van der Waals surface area contributed by atoms with Crippen molar-refractivity contribution >= 4 is 11.8 Å². The van der Waals surface area contributed by atoms with Gasteiger partial charge in [0.15, 0.2) is 18.9 Å². The maximum absolute atomic E-state index is 11.7. The maximum Gasteiger partial charge on any atom is 0.217 e. The second-order valence-corrected chi connectivity index (χ2v) is 9.81. The lowest BCUT2D eigenvalue weighted by Gasteiger charge is -2.48. The van der Waals surface area contributed by atoms with Gasteiger partial charge in [-0.25, -0.2) is 0 Å². The number of amides is 2. The van der Waals surface area contributed by atoms with Crippen molar-refractivity contribution < 1.29 is 79.2 Å². The molecule has 0 bridgehead atoms. The fraction of sp³-hybridized carbons (Fsp3) is 0.909. The van der Waals surface area contributed by atoms with Crippen molar-refractivity contribution in [3.05, 3.63) is 0 Å². The Morgan fingerprint density at radius 1 is 0.600 bits per heavy atom. The summed E-state index contributed by atoms with van der Waals surface area (Å²) >= 11 is 0. The van der Waals surface area contributed by atoms with Crippen LogP contribution in [-0.4, -0.2) is 170 Å². The Morgan fingerprint density at radius 2 is 1.07 bits per heavy atom. The molecular weight excluding hydrogens is 548 g/mol. The van der Waals surface area contributed by atoms with Crippen LogP contribution in [0, 0.1) is 0 Å². The number of carbonyl (C=O) groups excluding carboxylic acids is 2. The van der Waals surface area contributed by atoms with Crippen LogP contribution in [0.1, 0.15) is 13.8 Å². The van der Waals surface area contributed by atoms with Crippen LogP contribution in [0.5, 0.6) is 0 Å². The molecule has 40 heavy (non-hydrogen) atoms. The number of hydrogen-bond donors (Lipinski definition) is 11. The predicted molar refractivity (Wildman–Crippen MR) is 124 cm³/mol. The number of carbonyl (C=O) groups is 2. The molecule has 0 aliphatic carbocycles. The van der Waals surface area contributed by atoms with Gasteiger partial charge in [0.25, 0.3) is 0 Å². The van der Waals surface area contributed by atoms with Gasteiger partial charge in [0.1, 0.15) is 73.1 Å². The first-order valence-corrected chi connectivity index (χ1v) is 12.6. The molecule has 11 N–H and O–H groups in total. The van der Waals surface area contributed by atoms with E-state index in [1.165, 1.54) is 0 Å². The summed E-state index contributed by atoms with van der Waals surface area (Å²) in [4.78, 5) is 23.2. The Bertz CT molecular complexity index is 852. The Labute approximate surface area is 228 Å². The first kappa shape index (κ1) is 32.9. The smallest absolute Gasteiger partial charge is 0.217 e. The summed E-state index contributed by atoms with van der Waals surface area (Å²) in [5, 5.41) is 96.9. The third-order valence-corrected chi connectivity index (χ3v) is 6.90. The molecule has 15 atom stereocenters. The molecule has 3 fully saturated rings. The second-order valence-electron chi connectivity index (χ2n) is 9.81. The third-order valence-electron chi connectivity index (χ3n) is 6.90. The first-order valence-electron chi connectivity index (χ1n) is 12.6. The van der Waals surface area contributed by atoms with Crippen molar-refractivity contribution in [2.24, 2.45) is 0 Å². The summed E-state index contributed by atoms with van der Waals surface area (Å²) in [5.74, 6) is -1.26. The van der Waals surface area contributed by atoms with Gasteiger partial charge in [0, 0.05) is 13.8 Å². The SMILES string of the molecule is CC(=O)N[C@@H]1[C@@H](O)[C@H](O[C@@H]2O[C@H](CO)[C@H](O[C@H]3O[C@H](CO)[C@H](O)[C@H](O)[C@H]3NC(C)=O)[C@H](O)[C@H]2O)[C@@H](CO)O[C@H]1O. The molecule has 0 saturated carbocycles. The van der Waals surface area contributed by atoms with E-state index in [-0.39, 0.29) is 0 Å². The molecule has 18 heteroatoms. The van der Waals surface area contributed by atoms with Gasteiger partial charge in [0.05, 0.1) is 19.8 Å². The van der Waals surface area contributed by atoms with Gasteiger partial charge in [-0.05, 0) is 0 Å². The number of aliphatic hydroxyl groups is 9. The van der Waals surface area contributed by atoms with Gasteiger partial charge < -0.3 is 80.3 Å². The third kappa shape index (κ3) is 7.05. The normalized spacial score (nSPS) is 46.0. The van der Waals surface area contributed by atoms with Crippen LogP contribution in [0.15, 0.2) is 0 Å². The quantitative estimate of drug-likeness (QED) is 0.120. The zero-order valence-corrected chi connectivity index (χ0v) is 21.7. The summed E-state index contributed by atoms with van der Waals surface area (Å²) < 4.78 is 27.5. The fourth-order valence-corrected chi connectivity index (χ4v) is 4.87. The minimum absolute atomic E-state index is 0.624. The predicted octanol–water partition coefficient (Wildman–Crippen LogP) is -7.29. The summed E-state index contributed by atoms with van der Waals surface area (Å²) in [5.41, 5.74) is 0. The highest BCUT2D eigenvalue weighted by atomic mass is 16.7. The second kappa shape index (κ2) is 14.0. The molecule has 18 nitrogen and oxygen atoms in total. The van der Waals surface area contributed by atoms with E-state index in [9.17, 15) is 55.5 Å². The number of aliphatic hydroxyl groups excluding tert-OH is 9. The van der Waals surface area contributed by atoms with E-state index >= 15 is 0 Å². The van der Waals surface area contributed by atoms with Crippen molar-refractivity contribution in [3.8, 4) is 0 Å². The summed E-state index contributed by atoms with van der Waals surface area (Å²) in [7, 11) is 0. The summed E-state index contributed by atoms with van der Waals surface area (Å²) in [6.45, 7) is -0.106. The molecule has 3 heterocycles. The van der Waals surface area contributed by atoms with E-state index < -0.39 is 124 Å². The van der Waals surface area contributed by atoms with E-state index in [1.54, 1.807) is 0 Å². The van der Waals surface area contributed by atoms with Crippen LogP contribution in [0.2, 0.25) is 0 Å². The molecule has 3 aliphatic rings. The summed E-state index contributed by atoms with van der Waals surface area (Å²) in [6, 6.07) is -2.79. The Kier molecular flexibility index (Phi) is 11.5. The van der Waals surface area contributed by atoms with E-state index in [1.807, 2.05) is 0 Å². The van der Waals surface area contributed by atoms with Gasteiger partial charge in [0.2, 0.25) is 11.8 Å². The number of hydrogen-bond acceptors (Lipinski definition) is 16. The molecule has 0 aromatic rings. The first-order chi connectivity index (χ1) is 18.8. The van der Waals surface area contributed by atoms with E-state index in [4.69, 9.17) is 23.7 Å². The number of ether oxygens (including phenoxy) is 5. The van der Waals surface area contributed by atoms with E-state index in [0.29, 0.717) is 0 Å². The highest BCUT2D eigenvalue weighted by molar-refractivity contribution is 5.73. The Balaban J connectivity index is 1.78. The molecule has 0 spiro atoms. The molecule has 0 aromatic carbocycles. The van der Waals surface area contributed by atoms with Crippen LogP contribution >= 0.6 is 0 Å². The van der Waals surface area contributed by atoms with Crippen molar-refractivity contribution in [2.75, 3.05) is 19.8 Å². The average molecular weight is 587 g/mol. The molecule has 0 aromatic heterocycles. The van der Waals surface area contributed by atoms with Crippen molar-refractivity contribution in [3.63, 3.8) is 0 Å². The van der Waals surface area contributed by atoms with Crippen molar-refractivity contribution in [1.82, 2.24) is 10.6 Å². The van der Waals surface area contributed by atoms with Crippen molar-refractivity contribution in [2.45, 2.75) is 106 Å². The topological polar surface area (TPSA) is 286 Å². The van der Waals surface area contributed by atoms with Gasteiger partial charge in [-0.15, -0.1) is 0 Å². The Morgan fingerprint density at radius 3 is 1.62 bits per heavy atom. The molecule has 0 radical (unpaired) electrons. The lowest BCUT2D eigenvalue weighted by molar-refractivity contribution is -0.366. The molecule has 0 unspecified atom stereocenters. The minimum atomic E-state index is -1.93. The maximum atomic E-state index is 11.7. The largest absolute Gasteiger partial charge is 0.394 e. The molecule has 3 saturated heterocycles.